The second-order valence-corrected chi connectivity index (χ2v) is 8.90. The molecule has 5 rings (SSSR count). The average Bonchev–Trinajstić information content (AvgIpc) is 3.51. The summed E-state index contributed by atoms with van der Waals surface area (Å²) in [6.07, 6.45) is 4.18. The number of halogens is 2. The Morgan fingerprint density at radius 1 is 1.19 bits per heavy atom. The smallest absolute Gasteiger partial charge is 0.322 e. The van der Waals surface area contributed by atoms with Gasteiger partial charge in [-0.3, -0.25) is 14.9 Å². The number of nitrogens with one attached hydrogen (secondary N) is 2. The highest BCUT2D eigenvalue weighted by molar-refractivity contribution is 6.42. The summed E-state index contributed by atoms with van der Waals surface area (Å²) in [6.45, 7) is 0.514. The van der Waals surface area contributed by atoms with E-state index in [4.69, 9.17) is 23.2 Å². The third-order valence-electron chi connectivity index (χ3n) is 6.49. The molecule has 2 aliphatic carbocycles. The Morgan fingerprint density at radius 3 is 2.48 bits per heavy atom. The van der Waals surface area contributed by atoms with E-state index in [1.54, 1.807) is 0 Å². The normalized spacial score (nSPS) is 27.6. The Balaban J connectivity index is 1.35. The van der Waals surface area contributed by atoms with Gasteiger partial charge in [0, 0.05) is 13.0 Å². The van der Waals surface area contributed by atoms with Crippen LogP contribution >= 0.6 is 23.2 Å². The van der Waals surface area contributed by atoms with Gasteiger partial charge in [0.05, 0.1) is 15.6 Å². The number of urea groups is 1. The summed E-state index contributed by atoms with van der Waals surface area (Å²) in [5.41, 5.74) is 0.935. The first-order valence-electron chi connectivity index (χ1n) is 9.28. The van der Waals surface area contributed by atoms with Gasteiger partial charge in [-0.25, -0.2) is 4.79 Å². The van der Waals surface area contributed by atoms with Gasteiger partial charge in [0.15, 0.2) is 0 Å². The summed E-state index contributed by atoms with van der Waals surface area (Å²) in [7, 11) is 0. The molecule has 142 valence electrons. The van der Waals surface area contributed by atoms with Crippen LogP contribution in [0.3, 0.4) is 0 Å². The van der Waals surface area contributed by atoms with Crippen LogP contribution in [0.2, 0.25) is 10.0 Å². The summed E-state index contributed by atoms with van der Waals surface area (Å²) in [4.78, 5) is 39.0. The fourth-order valence-corrected chi connectivity index (χ4v) is 5.14. The van der Waals surface area contributed by atoms with Crippen molar-refractivity contribution in [2.45, 2.75) is 56.1 Å². The largest absolute Gasteiger partial charge is 0.329 e. The van der Waals surface area contributed by atoms with Gasteiger partial charge in [0.25, 0.3) is 5.91 Å². The van der Waals surface area contributed by atoms with Crippen LogP contribution in [0.25, 0.3) is 0 Å². The van der Waals surface area contributed by atoms with Crippen LogP contribution < -0.4 is 10.6 Å². The SMILES string of the molecule is O=C1NC(=O)[C@](CCC(=O)N2Cc3cc(Cl)c(Cl)cc3C23CC3)(C2CC2)N1. The predicted octanol–water partition coefficient (Wildman–Crippen LogP) is 3.09. The Hall–Kier alpha value is -1.79. The van der Waals surface area contributed by atoms with Gasteiger partial charge in [0.2, 0.25) is 5.91 Å². The third kappa shape index (κ3) is 2.49. The lowest BCUT2D eigenvalue weighted by Gasteiger charge is -2.29. The van der Waals surface area contributed by atoms with E-state index in [2.05, 4.69) is 10.6 Å². The standard InChI is InChI=1S/C19H19Cl2N3O3/c20-13-7-10-9-24(18(5-6-18)12(10)8-14(13)21)15(25)3-4-19(11-1-2-11)16(26)22-17(27)23-19/h7-8,11H,1-6,9H2,(H2,22,23,26,27)/t19-/m0/s1. The molecule has 2 N–H and O–H groups in total. The van der Waals surface area contributed by atoms with Crippen molar-refractivity contribution in [3.63, 3.8) is 0 Å². The molecule has 3 fully saturated rings. The molecule has 8 heteroatoms. The zero-order valence-electron chi connectivity index (χ0n) is 14.6. The molecular formula is C19H19Cl2N3O3. The fourth-order valence-electron chi connectivity index (χ4n) is 4.79. The number of carbonyl (C=O) groups is 3. The van der Waals surface area contributed by atoms with Gasteiger partial charge in [0.1, 0.15) is 5.54 Å². The Morgan fingerprint density at radius 2 is 1.89 bits per heavy atom. The molecule has 2 saturated carbocycles. The molecule has 4 aliphatic rings. The van der Waals surface area contributed by atoms with Crippen molar-refractivity contribution in [1.82, 2.24) is 15.5 Å². The third-order valence-corrected chi connectivity index (χ3v) is 7.22. The van der Waals surface area contributed by atoms with Gasteiger partial charge >= 0.3 is 6.03 Å². The molecule has 1 spiro atoms. The first-order valence-corrected chi connectivity index (χ1v) is 10.0. The van der Waals surface area contributed by atoms with Crippen molar-refractivity contribution in [3.8, 4) is 0 Å². The number of carbonyl (C=O) groups excluding carboxylic acids is 3. The molecule has 0 aromatic heterocycles. The molecule has 0 bridgehead atoms. The average molecular weight is 408 g/mol. The van der Waals surface area contributed by atoms with E-state index in [1.807, 2.05) is 17.0 Å². The highest BCUT2D eigenvalue weighted by Gasteiger charge is 2.58. The highest BCUT2D eigenvalue weighted by Crippen LogP contribution is 2.58. The highest BCUT2D eigenvalue weighted by atomic mass is 35.5. The molecule has 4 amide bonds. The molecule has 2 aliphatic heterocycles. The van der Waals surface area contributed by atoms with Crippen molar-refractivity contribution < 1.29 is 14.4 Å². The van der Waals surface area contributed by atoms with E-state index >= 15 is 0 Å². The van der Waals surface area contributed by atoms with Gasteiger partial charge in [-0.15, -0.1) is 0 Å². The lowest BCUT2D eigenvalue weighted by Crippen LogP contribution is -2.50. The number of hydrogen-bond donors (Lipinski definition) is 2. The molecule has 0 unspecified atom stereocenters. The topological polar surface area (TPSA) is 78.5 Å². The van der Waals surface area contributed by atoms with Crippen LogP contribution in [0.5, 0.6) is 0 Å². The van der Waals surface area contributed by atoms with E-state index in [-0.39, 0.29) is 29.7 Å². The number of amides is 4. The number of benzene rings is 1. The number of nitrogens with zero attached hydrogens (tertiary/aromatic N) is 1. The fraction of sp³-hybridized carbons (Fsp3) is 0.526. The minimum absolute atomic E-state index is 0.00455. The molecule has 6 nitrogen and oxygen atoms in total. The van der Waals surface area contributed by atoms with Crippen molar-refractivity contribution in [1.29, 1.82) is 0 Å². The number of fused-ring (bicyclic) bond motifs is 2. The monoisotopic (exact) mass is 407 g/mol. The van der Waals surface area contributed by atoms with Crippen molar-refractivity contribution >= 4 is 41.0 Å². The number of imide groups is 1. The molecular weight excluding hydrogens is 389 g/mol. The maximum Gasteiger partial charge on any atom is 0.322 e. The second-order valence-electron chi connectivity index (χ2n) is 8.09. The maximum atomic E-state index is 13.1. The molecule has 1 atom stereocenters. The van der Waals surface area contributed by atoms with Gasteiger partial charge in [-0.1, -0.05) is 23.2 Å². The summed E-state index contributed by atoms with van der Waals surface area (Å²) in [6, 6.07) is 3.27. The Bertz CT molecular complexity index is 894. The van der Waals surface area contributed by atoms with E-state index in [0.29, 0.717) is 23.0 Å². The summed E-state index contributed by atoms with van der Waals surface area (Å²) in [5, 5.41) is 6.13. The number of rotatable bonds is 4. The van der Waals surface area contributed by atoms with Crippen LogP contribution in [-0.4, -0.2) is 28.3 Å². The summed E-state index contributed by atoms with van der Waals surface area (Å²) in [5.74, 6) is -0.169. The van der Waals surface area contributed by atoms with Crippen LogP contribution in [0.4, 0.5) is 4.79 Å². The molecule has 2 heterocycles. The number of hydrogen-bond acceptors (Lipinski definition) is 3. The van der Waals surface area contributed by atoms with Crippen LogP contribution in [0.1, 0.15) is 49.7 Å². The predicted molar refractivity (Wildman–Crippen MR) is 99.3 cm³/mol. The zero-order chi connectivity index (χ0) is 19.0. The first-order chi connectivity index (χ1) is 12.9. The lowest BCUT2D eigenvalue weighted by molar-refractivity contribution is -0.135. The minimum Gasteiger partial charge on any atom is -0.329 e. The quantitative estimate of drug-likeness (QED) is 0.752. The van der Waals surface area contributed by atoms with E-state index in [1.165, 1.54) is 0 Å². The van der Waals surface area contributed by atoms with Crippen molar-refractivity contribution in [2.24, 2.45) is 5.92 Å². The van der Waals surface area contributed by atoms with Gasteiger partial charge < -0.3 is 10.2 Å². The zero-order valence-corrected chi connectivity index (χ0v) is 16.1. The maximum absolute atomic E-state index is 13.1. The molecule has 0 radical (unpaired) electrons. The van der Waals surface area contributed by atoms with Crippen LogP contribution in [0.15, 0.2) is 12.1 Å². The Kier molecular flexibility index (Phi) is 3.60. The molecule has 27 heavy (non-hydrogen) atoms. The summed E-state index contributed by atoms with van der Waals surface area (Å²) >= 11 is 12.3. The van der Waals surface area contributed by atoms with E-state index in [0.717, 1.165) is 36.8 Å². The molecule has 1 aromatic rings. The van der Waals surface area contributed by atoms with Crippen molar-refractivity contribution in [2.75, 3.05) is 0 Å². The van der Waals surface area contributed by atoms with Crippen LogP contribution in [0, 0.1) is 5.92 Å². The van der Waals surface area contributed by atoms with Crippen molar-refractivity contribution in [3.05, 3.63) is 33.3 Å². The minimum atomic E-state index is -0.928. The van der Waals surface area contributed by atoms with Gasteiger partial charge in [-0.05, 0) is 61.3 Å². The second kappa shape index (κ2) is 5.61. The first kappa shape index (κ1) is 17.3. The lowest BCUT2D eigenvalue weighted by atomic mass is 9.87. The van der Waals surface area contributed by atoms with Gasteiger partial charge in [-0.2, -0.15) is 0 Å². The molecule has 1 saturated heterocycles. The van der Waals surface area contributed by atoms with E-state index < -0.39 is 11.6 Å². The van der Waals surface area contributed by atoms with Crippen LogP contribution in [-0.2, 0) is 21.7 Å². The Labute approximate surface area is 166 Å². The van der Waals surface area contributed by atoms with E-state index in [9.17, 15) is 14.4 Å². The molecule has 1 aromatic carbocycles. The summed E-state index contributed by atoms with van der Waals surface area (Å²) < 4.78 is 0.